The first-order chi connectivity index (χ1) is 13.8. The lowest BCUT2D eigenvalue weighted by Crippen LogP contribution is -2.56. The minimum absolute atomic E-state index is 0.0718. The number of aromatic nitrogens is 2. The van der Waals surface area contributed by atoms with Crippen molar-refractivity contribution in [1.82, 2.24) is 14.7 Å². The van der Waals surface area contributed by atoms with Gasteiger partial charge in [-0.05, 0) is 65.0 Å². The first-order valence-electron chi connectivity index (χ1n) is 10.5. The van der Waals surface area contributed by atoms with Crippen LogP contribution in [0.4, 0.5) is 4.79 Å². The summed E-state index contributed by atoms with van der Waals surface area (Å²) in [7, 11) is 0. The molecule has 2 unspecified atom stereocenters. The summed E-state index contributed by atoms with van der Waals surface area (Å²) in [6, 6.07) is 9.94. The maximum atomic E-state index is 13.2. The van der Waals surface area contributed by atoms with E-state index in [9.17, 15) is 9.59 Å². The highest BCUT2D eigenvalue weighted by molar-refractivity contribution is 5.97. The normalized spacial score (nSPS) is 24.2. The van der Waals surface area contributed by atoms with Crippen LogP contribution in [0.15, 0.2) is 42.7 Å². The fourth-order valence-corrected chi connectivity index (χ4v) is 4.62. The predicted octanol–water partition coefficient (Wildman–Crippen LogP) is 4.62. The number of hydrogen-bond donors (Lipinski definition) is 0. The molecule has 1 aromatic heterocycles. The summed E-state index contributed by atoms with van der Waals surface area (Å²) in [4.78, 5) is 27.8. The molecule has 2 saturated heterocycles. The number of para-hydroxylation sites is 1. The lowest BCUT2D eigenvalue weighted by molar-refractivity contribution is -0.0260. The SMILES string of the molecule is CC(C)(C)OC(=O)N1C2CCCC1CC(C(=O)c1cnn(-c3ccccc3)c1)C2. The maximum absolute atomic E-state index is 13.2. The summed E-state index contributed by atoms with van der Waals surface area (Å²) in [5.41, 5.74) is 1.06. The van der Waals surface area contributed by atoms with Crippen molar-refractivity contribution in [3.63, 3.8) is 0 Å². The largest absolute Gasteiger partial charge is 0.444 e. The summed E-state index contributed by atoms with van der Waals surface area (Å²) < 4.78 is 7.37. The second kappa shape index (κ2) is 7.65. The van der Waals surface area contributed by atoms with Gasteiger partial charge in [-0.15, -0.1) is 0 Å². The average Bonchev–Trinajstić information content (AvgIpc) is 3.16. The Kier molecular flexibility index (Phi) is 5.19. The van der Waals surface area contributed by atoms with Gasteiger partial charge < -0.3 is 9.64 Å². The fraction of sp³-hybridized carbons (Fsp3) is 0.522. The molecule has 29 heavy (non-hydrogen) atoms. The zero-order valence-corrected chi connectivity index (χ0v) is 17.4. The first kappa shape index (κ1) is 19.7. The number of ketones is 1. The lowest BCUT2D eigenvalue weighted by Gasteiger charge is -2.48. The standard InChI is InChI=1S/C23H29N3O3/c1-23(2,3)29-22(28)26-19-10-7-11-20(26)13-16(12-19)21(27)17-14-24-25(15-17)18-8-5-4-6-9-18/h4-6,8-9,14-16,19-20H,7,10-13H2,1-3H3. The van der Waals surface area contributed by atoms with Crippen molar-refractivity contribution in [2.24, 2.45) is 5.92 Å². The molecule has 1 amide bonds. The molecule has 2 aliphatic rings. The van der Waals surface area contributed by atoms with Crippen molar-refractivity contribution in [3.8, 4) is 5.69 Å². The third kappa shape index (κ3) is 4.21. The minimum atomic E-state index is -0.510. The van der Waals surface area contributed by atoms with Crippen LogP contribution in [-0.4, -0.2) is 44.2 Å². The van der Waals surface area contributed by atoms with Gasteiger partial charge in [-0.25, -0.2) is 9.48 Å². The van der Waals surface area contributed by atoms with Crippen LogP contribution in [0.2, 0.25) is 0 Å². The van der Waals surface area contributed by atoms with Gasteiger partial charge in [-0.3, -0.25) is 4.79 Å². The van der Waals surface area contributed by atoms with E-state index in [1.807, 2.05) is 62.2 Å². The van der Waals surface area contributed by atoms with E-state index in [2.05, 4.69) is 5.10 Å². The van der Waals surface area contributed by atoms with Crippen molar-refractivity contribution < 1.29 is 14.3 Å². The van der Waals surface area contributed by atoms with Gasteiger partial charge in [0, 0.05) is 24.2 Å². The molecule has 6 heteroatoms. The second-order valence-electron chi connectivity index (χ2n) is 9.17. The van der Waals surface area contributed by atoms with Gasteiger partial charge in [0.05, 0.1) is 17.4 Å². The maximum Gasteiger partial charge on any atom is 0.410 e. The van der Waals surface area contributed by atoms with Crippen LogP contribution in [0.3, 0.4) is 0 Å². The highest BCUT2D eigenvalue weighted by atomic mass is 16.6. The van der Waals surface area contributed by atoms with E-state index in [1.165, 1.54) is 0 Å². The van der Waals surface area contributed by atoms with E-state index >= 15 is 0 Å². The summed E-state index contributed by atoms with van der Waals surface area (Å²) in [5, 5.41) is 4.37. The van der Waals surface area contributed by atoms with E-state index < -0.39 is 5.60 Å². The van der Waals surface area contributed by atoms with Crippen molar-refractivity contribution in [3.05, 3.63) is 48.3 Å². The van der Waals surface area contributed by atoms with E-state index in [1.54, 1.807) is 10.9 Å². The number of carbonyl (C=O) groups excluding carboxylic acids is 2. The van der Waals surface area contributed by atoms with Crippen LogP contribution < -0.4 is 0 Å². The molecule has 0 radical (unpaired) electrons. The molecule has 4 rings (SSSR count). The second-order valence-corrected chi connectivity index (χ2v) is 9.17. The van der Waals surface area contributed by atoms with Crippen LogP contribution in [0, 0.1) is 5.92 Å². The molecule has 154 valence electrons. The molecule has 6 nitrogen and oxygen atoms in total. The molecule has 0 spiro atoms. The van der Waals surface area contributed by atoms with Crippen LogP contribution in [-0.2, 0) is 4.74 Å². The third-order valence-electron chi connectivity index (χ3n) is 5.84. The zero-order valence-electron chi connectivity index (χ0n) is 17.4. The first-order valence-corrected chi connectivity index (χ1v) is 10.5. The van der Waals surface area contributed by atoms with Gasteiger partial charge in [-0.1, -0.05) is 18.2 Å². The van der Waals surface area contributed by atoms with Gasteiger partial charge >= 0.3 is 6.09 Å². The van der Waals surface area contributed by atoms with Gasteiger partial charge in [0.15, 0.2) is 5.78 Å². The van der Waals surface area contributed by atoms with Gasteiger partial charge in [0.1, 0.15) is 5.60 Å². The molecule has 0 N–H and O–H groups in total. The molecular weight excluding hydrogens is 366 g/mol. The molecule has 2 fully saturated rings. The third-order valence-corrected chi connectivity index (χ3v) is 5.84. The Labute approximate surface area is 171 Å². The summed E-state index contributed by atoms with van der Waals surface area (Å²) in [6.07, 6.45) is 7.59. The molecule has 0 aliphatic carbocycles. The molecule has 0 saturated carbocycles. The quantitative estimate of drug-likeness (QED) is 0.711. The Morgan fingerprint density at radius 1 is 1.07 bits per heavy atom. The van der Waals surface area contributed by atoms with E-state index in [0.717, 1.165) is 24.9 Å². The number of amides is 1. The molecule has 3 heterocycles. The van der Waals surface area contributed by atoms with Crippen molar-refractivity contribution in [2.75, 3.05) is 0 Å². The summed E-state index contributed by atoms with van der Waals surface area (Å²) in [6.45, 7) is 5.67. The number of fused-ring (bicyclic) bond motifs is 2. The predicted molar refractivity (Wildman–Crippen MR) is 110 cm³/mol. The number of Topliss-reactive ketones (excluding diaryl/α,β-unsaturated/α-hetero) is 1. The molecule has 2 atom stereocenters. The average molecular weight is 396 g/mol. The number of piperidine rings is 2. The number of ether oxygens (including phenoxy) is 1. The topological polar surface area (TPSA) is 64.4 Å². The highest BCUT2D eigenvalue weighted by Gasteiger charge is 2.44. The smallest absolute Gasteiger partial charge is 0.410 e. The van der Waals surface area contributed by atoms with E-state index in [0.29, 0.717) is 18.4 Å². The lowest BCUT2D eigenvalue weighted by atomic mass is 9.76. The van der Waals surface area contributed by atoms with Gasteiger partial charge in [-0.2, -0.15) is 5.10 Å². The number of rotatable bonds is 3. The molecular formula is C23H29N3O3. The highest BCUT2D eigenvalue weighted by Crippen LogP contribution is 2.39. The fourth-order valence-electron chi connectivity index (χ4n) is 4.62. The number of nitrogens with zero attached hydrogens (tertiary/aromatic N) is 3. The van der Waals surface area contributed by atoms with Crippen molar-refractivity contribution in [2.45, 2.75) is 70.6 Å². The number of benzene rings is 1. The van der Waals surface area contributed by atoms with E-state index in [4.69, 9.17) is 4.74 Å². The van der Waals surface area contributed by atoms with Crippen molar-refractivity contribution >= 4 is 11.9 Å². The van der Waals surface area contributed by atoms with E-state index in [-0.39, 0.29) is 29.9 Å². The van der Waals surface area contributed by atoms with Crippen LogP contribution in [0.1, 0.15) is 63.2 Å². The Bertz CT molecular complexity index is 870. The zero-order chi connectivity index (χ0) is 20.6. The van der Waals surface area contributed by atoms with Crippen LogP contribution in [0.5, 0.6) is 0 Å². The Morgan fingerprint density at radius 3 is 2.34 bits per heavy atom. The van der Waals surface area contributed by atoms with Gasteiger partial charge in [0.25, 0.3) is 0 Å². The molecule has 2 aromatic rings. The van der Waals surface area contributed by atoms with Crippen LogP contribution >= 0.6 is 0 Å². The minimum Gasteiger partial charge on any atom is -0.444 e. The van der Waals surface area contributed by atoms with Crippen LogP contribution in [0.25, 0.3) is 5.69 Å². The Balaban J connectivity index is 1.48. The summed E-state index contributed by atoms with van der Waals surface area (Å²) in [5.74, 6) is 0.0605. The summed E-state index contributed by atoms with van der Waals surface area (Å²) >= 11 is 0. The van der Waals surface area contributed by atoms with Crippen molar-refractivity contribution in [1.29, 1.82) is 0 Å². The Hall–Kier alpha value is -2.63. The number of hydrogen-bond acceptors (Lipinski definition) is 4. The molecule has 2 bridgehead atoms. The molecule has 2 aliphatic heterocycles. The Morgan fingerprint density at radius 2 is 1.72 bits per heavy atom. The monoisotopic (exact) mass is 395 g/mol. The van der Waals surface area contributed by atoms with Gasteiger partial charge in [0.2, 0.25) is 0 Å². The molecule has 1 aromatic carbocycles. The number of carbonyl (C=O) groups is 2.